The second-order valence-electron chi connectivity index (χ2n) is 11.7. The van der Waals surface area contributed by atoms with Crippen LogP contribution in [0.15, 0.2) is 59.7 Å². The lowest BCUT2D eigenvalue weighted by Crippen LogP contribution is -2.40. The first-order valence-electron chi connectivity index (χ1n) is 14.0. The van der Waals surface area contributed by atoms with E-state index in [1.165, 1.54) is 21.3 Å². The van der Waals surface area contributed by atoms with E-state index >= 15 is 4.39 Å². The van der Waals surface area contributed by atoms with Crippen LogP contribution >= 0.6 is 11.6 Å². The predicted molar refractivity (Wildman–Crippen MR) is 166 cm³/mol. The van der Waals surface area contributed by atoms with Crippen molar-refractivity contribution in [3.63, 3.8) is 0 Å². The number of nitrogens with one attached hydrogen (secondary N) is 1. The molecule has 1 amide bonds. The SMILES string of the molecule is COc1c(-c2cc(C)nc(N3CC[C@H](NC(=O)OC(C)(C)C)C3)c2)cc(F)cc1-c1ccc(-n2ccn(C)c2=O)c(Cl)c1. The van der Waals surface area contributed by atoms with Gasteiger partial charge in [-0.15, -0.1) is 0 Å². The molecule has 3 heterocycles. The van der Waals surface area contributed by atoms with Gasteiger partial charge in [-0.25, -0.2) is 19.0 Å². The first-order valence-corrected chi connectivity index (χ1v) is 14.4. The summed E-state index contributed by atoms with van der Waals surface area (Å²) < 4.78 is 29.4. The summed E-state index contributed by atoms with van der Waals surface area (Å²) in [5, 5.41) is 3.28. The highest BCUT2D eigenvalue weighted by molar-refractivity contribution is 6.32. The zero-order valence-corrected chi connectivity index (χ0v) is 25.8. The standard InChI is InChI=1S/C32H35ClFN5O4/c1-19-13-21(15-28(35-19)38-10-9-23(18-38)36-30(40)43-32(2,3)4)25-17-22(34)16-24(29(25)42-6)20-7-8-27(26(33)14-20)39-12-11-37(5)31(39)41/h7-8,11-17,23H,9-10,18H2,1-6H3,(H,36,40)/t23-/m0/s1. The number of hydrogen-bond acceptors (Lipinski definition) is 6. The number of alkyl carbamates (subject to hydrolysis) is 1. The van der Waals surface area contributed by atoms with Crippen molar-refractivity contribution in [2.45, 2.75) is 45.8 Å². The van der Waals surface area contributed by atoms with Crippen LogP contribution in [0.1, 0.15) is 32.9 Å². The number of amides is 1. The Morgan fingerprint density at radius 2 is 1.81 bits per heavy atom. The highest BCUT2D eigenvalue weighted by atomic mass is 35.5. The van der Waals surface area contributed by atoms with Crippen LogP contribution in [-0.2, 0) is 11.8 Å². The quantitative estimate of drug-likeness (QED) is 0.284. The number of anilines is 1. The zero-order chi connectivity index (χ0) is 31.1. The lowest BCUT2D eigenvalue weighted by atomic mass is 9.96. The van der Waals surface area contributed by atoms with Crippen molar-refractivity contribution in [3.05, 3.63) is 81.9 Å². The van der Waals surface area contributed by atoms with Crippen LogP contribution in [0.3, 0.4) is 0 Å². The number of carbonyl (C=O) groups excluding carboxylic acids is 1. The van der Waals surface area contributed by atoms with Gasteiger partial charge in [0.05, 0.1) is 23.9 Å². The molecule has 11 heteroatoms. The molecule has 0 saturated carbocycles. The van der Waals surface area contributed by atoms with E-state index in [0.717, 1.165) is 23.5 Å². The number of aromatic nitrogens is 3. The van der Waals surface area contributed by atoms with Gasteiger partial charge in [-0.1, -0.05) is 17.7 Å². The maximum absolute atomic E-state index is 15.2. The van der Waals surface area contributed by atoms with Gasteiger partial charge in [-0.2, -0.15) is 0 Å². The minimum Gasteiger partial charge on any atom is -0.495 e. The Labute approximate surface area is 254 Å². The molecule has 0 spiro atoms. The molecular formula is C32H35ClFN5O4. The predicted octanol–water partition coefficient (Wildman–Crippen LogP) is 6.12. The van der Waals surface area contributed by atoms with Crippen LogP contribution < -0.4 is 20.6 Å². The smallest absolute Gasteiger partial charge is 0.407 e. The summed E-state index contributed by atoms with van der Waals surface area (Å²) in [5.74, 6) is 0.755. The third kappa shape index (κ3) is 6.54. The molecule has 2 aromatic heterocycles. The second kappa shape index (κ2) is 11.8. The van der Waals surface area contributed by atoms with E-state index < -0.39 is 17.5 Å². The molecule has 226 valence electrons. The van der Waals surface area contributed by atoms with E-state index in [1.54, 1.807) is 44.8 Å². The van der Waals surface area contributed by atoms with Gasteiger partial charge < -0.3 is 24.3 Å². The number of ether oxygens (including phenoxy) is 2. The molecule has 9 nitrogen and oxygen atoms in total. The summed E-state index contributed by atoms with van der Waals surface area (Å²) in [5.41, 5.74) is 2.92. The van der Waals surface area contributed by atoms with Crippen molar-refractivity contribution < 1.29 is 18.7 Å². The van der Waals surface area contributed by atoms with Crippen LogP contribution in [0.25, 0.3) is 27.9 Å². The van der Waals surface area contributed by atoms with Gasteiger partial charge in [0.2, 0.25) is 0 Å². The second-order valence-corrected chi connectivity index (χ2v) is 12.1. The molecule has 0 bridgehead atoms. The number of imidazole rings is 1. The minimum atomic E-state index is -0.576. The Morgan fingerprint density at radius 1 is 1.09 bits per heavy atom. The molecule has 4 aromatic rings. The number of nitrogens with zero attached hydrogens (tertiary/aromatic N) is 4. The van der Waals surface area contributed by atoms with Crippen molar-refractivity contribution in [1.29, 1.82) is 0 Å². The van der Waals surface area contributed by atoms with Crippen LogP contribution in [0, 0.1) is 12.7 Å². The van der Waals surface area contributed by atoms with Crippen molar-refractivity contribution in [1.82, 2.24) is 19.4 Å². The topological polar surface area (TPSA) is 90.6 Å². The van der Waals surface area contributed by atoms with Crippen LogP contribution in [-0.4, -0.2) is 52.1 Å². The Hall–Kier alpha value is -4.31. The third-order valence-electron chi connectivity index (χ3n) is 7.21. The van der Waals surface area contributed by atoms with E-state index in [1.807, 2.05) is 39.8 Å². The fraction of sp³-hybridized carbons (Fsp3) is 0.344. The molecule has 1 saturated heterocycles. The third-order valence-corrected chi connectivity index (χ3v) is 7.51. The average molecular weight is 608 g/mol. The molecule has 0 radical (unpaired) electrons. The van der Waals surface area contributed by atoms with Gasteiger partial charge in [-0.3, -0.25) is 4.57 Å². The molecular weight excluding hydrogens is 573 g/mol. The fourth-order valence-corrected chi connectivity index (χ4v) is 5.56. The number of hydrogen-bond donors (Lipinski definition) is 1. The molecule has 1 aliphatic heterocycles. The first kappa shape index (κ1) is 30.2. The molecule has 43 heavy (non-hydrogen) atoms. The van der Waals surface area contributed by atoms with Gasteiger partial charge >= 0.3 is 11.8 Å². The van der Waals surface area contributed by atoms with Crippen LogP contribution in [0.5, 0.6) is 5.75 Å². The Morgan fingerprint density at radius 3 is 2.44 bits per heavy atom. The molecule has 1 aliphatic rings. The maximum Gasteiger partial charge on any atom is 0.407 e. The van der Waals surface area contributed by atoms with Crippen molar-refractivity contribution in [2.75, 3.05) is 25.1 Å². The zero-order valence-electron chi connectivity index (χ0n) is 25.1. The van der Waals surface area contributed by atoms with Gasteiger partial charge in [0.1, 0.15) is 23.0 Å². The fourth-order valence-electron chi connectivity index (χ4n) is 5.29. The molecule has 2 aromatic carbocycles. The minimum absolute atomic E-state index is 0.0876. The summed E-state index contributed by atoms with van der Waals surface area (Å²) in [4.78, 5) is 31.6. The van der Waals surface area contributed by atoms with Gasteiger partial charge in [0.15, 0.2) is 0 Å². The number of aryl methyl sites for hydroxylation is 2. The van der Waals surface area contributed by atoms with Crippen LogP contribution in [0.2, 0.25) is 5.02 Å². The van der Waals surface area contributed by atoms with E-state index in [-0.39, 0.29) is 11.7 Å². The summed E-state index contributed by atoms with van der Waals surface area (Å²) in [7, 11) is 3.21. The average Bonchev–Trinajstić information content (AvgIpc) is 3.53. The van der Waals surface area contributed by atoms with Crippen molar-refractivity contribution in [3.8, 4) is 33.7 Å². The molecule has 1 fully saturated rings. The van der Waals surface area contributed by atoms with Crippen LogP contribution in [0.4, 0.5) is 15.0 Å². The van der Waals surface area contributed by atoms with Crippen molar-refractivity contribution >= 4 is 23.5 Å². The molecule has 0 unspecified atom stereocenters. The summed E-state index contributed by atoms with van der Waals surface area (Å²) >= 11 is 6.62. The highest BCUT2D eigenvalue weighted by Gasteiger charge is 2.28. The Balaban J connectivity index is 1.46. The molecule has 1 N–H and O–H groups in total. The van der Waals surface area contributed by atoms with E-state index in [9.17, 15) is 9.59 Å². The molecule has 1 atom stereocenters. The summed E-state index contributed by atoms with van der Waals surface area (Å²) in [6, 6.07) is 11.8. The molecule has 5 rings (SSSR count). The van der Waals surface area contributed by atoms with Crippen molar-refractivity contribution in [2.24, 2.45) is 7.05 Å². The van der Waals surface area contributed by atoms with Gasteiger partial charge in [-0.05, 0) is 81.6 Å². The van der Waals surface area contributed by atoms with E-state index in [0.29, 0.717) is 46.2 Å². The number of pyridine rings is 1. The Bertz CT molecular complexity index is 1740. The summed E-state index contributed by atoms with van der Waals surface area (Å²) in [6.45, 7) is 8.63. The lowest BCUT2D eigenvalue weighted by molar-refractivity contribution is 0.0509. The number of halogens is 2. The molecule has 0 aliphatic carbocycles. The number of carbonyl (C=O) groups is 1. The number of benzene rings is 2. The number of rotatable bonds is 6. The lowest BCUT2D eigenvalue weighted by Gasteiger charge is -2.23. The normalized spacial score (nSPS) is 15.1. The van der Waals surface area contributed by atoms with E-state index in [2.05, 4.69) is 10.2 Å². The summed E-state index contributed by atoms with van der Waals surface area (Å²) in [6.07, 6.45) is 3.59. The van der Waals surface area contributed by atoms with Gasteiger partial charge in [0, 0.05) is 49.4 Å². The highest BCUT2D eigenvalue weighted by Crippen LogP contribution is 2.42. The maximum atomic E-state index is 15.2. The largest absolute Gasteiger partial charge is 0.495 e. The van der Waals surface area contributed by atoms with Gasteiger partial charge in [0.25, 0.3) is 0 Å². The monoisotopic (exact) mass is 607 g/mol. The number of methoxy groups -OCH3 is 1. The Kier molecular flexibility index (Phi) is 8.25. The van der Waals surface area contributed by atoms with E-state index in [4.69, 9.17) is 26.1 Å². The first-order chi connectivity index (χ1) is 20.3.